The molecule has 0 unspecified atom stereocenters. The van der Waals surface area contributed by atoms with E-state index in [1.54, 1.807) is 11.8 Å². The highest BCUT2D eigenvalue weighted by Crippen LogP contribution is 2.42. The van der Waals surface area contributed by atoms with Crippen LogP contribution in [0.3, 0.4) is 0 Å². The Bertz CT molecular complexity index is 464. The van der Waals surface area contributed by atoms with Crippen molar-refractivity contribution in [3.8, 4) is 0 Å². The Morgan fingerprint density at radius 2 is 1.75 bits per heavy atom. The SMILES string of the molecule is C[C@@H]1O[C@H](Sc2ccccc2)[C@H]2OC(C)(C)O[C@H]2[C@H]1O. The standard InChI is InChI=1S/C15H20O4S/c1-9-11(16)12-13(19-15(2,3)18-12)14(17-9)20-10-7-5-4-6-8-10/h4-9,11-14,16H,1-3H3/t9-,11-,12-,13-,14+/m0/s1. The molecule has 0 saturated carbocycles. The maximum atomic E-state index is 10.2. The normalized spacial score (nSPS) is 39.5. The minimum Gasteiger partial charge on any atom is -0.388 e. The summed E-state index contributed by atoms with van der Waals surface area (Å²) in [6.07, 6.45) is -1.53. The Morgan fingerprint density at radius 1 is 1.10 bits per heavy atom. The largest absolute Gasteiger partial charge is 0.388 e. The van der Waals surface area contributed by atoms with Crippen molar-refractivity contribution in [3.05, 3.63) is 30.3 Å². The van der Waals surface area contributed by atoms with Crippen LogP contribution >= 0.6 is 11.8 Å². The van der Waals surface area contributed by atoms with Crippen molar-refractivity contribution in [1.82, 2.24) is 0 Å². The molecule has 0 aliphatic carbocycles. The second kappa shape index (κ2) is 5.31. The first-order valence-electron chi connectivity index (χ1n) is 6.87. The molecule has 4 nitrogen and oxygen atoms in total. The van der Waals surface area contributed by atoms with Crippen LogP contribution in [0.4, 0.5) is 0 Å². The summed E-state index contributed by atoms with van der Waals surface area (Å²) in [6, 6.07) is 10.1. The summed E-state index contributed by atoms with van der Waals surface area (Å²) in [5.41, 5.74) is -0.178. The lowest BCUT2D eigenvalue weighted by molar-refractivity contribution is -0.159. The maximum Gasteiger partial charge on any atom is 0.164 e. The van der Waals surface area contributed by atoms with E-state index in [1.165, 1.54) is 0 Å². The van der Waals surface area contributed by atoms with E-state index in [0.29, 0.717) is 0 Å². The van der Waals surface area contributed by atoms with E-state index in [9.17, 15) is 5.11 Å². The summed E-state index contributed by atoms with van der Waals surface area (Å²) in [6.45, 7) is 5.61. The number of hydrogen-bond donors (Lipinski definition) is 1. The Hall–Kier alpha value is -0.590. The monoisotopic (exact) mass is 296 g/mol. The fourth-order valence-corrected chi connectivity index (χ4v) is 3.81. The van der Waals surface area contributed by atoms with Crippen LogP contribution in [0.25, 0.3) is 0 Å². The van der Waals surface area contributed by atoms with Gasteiger partial charge in [-0.2, -0.15) is 0 Å². The lowest BCUT2D eigenvalue weighted by Crippen LogP contribution is -2.54. The van der Waals surface area contributed by atoms with Gasteiger partial charge in [0.1, 0.15) is 23.7 Å². The van der Waals surface area contributed by atoms with Crippen LogP contribution in [0.1, 0.15) is 20.8 Å². The lowest BCUT2D eigenvalue weighted by Gasteiger charge is -2.38. The molecule has 2 aliphatic rings. The van der Waals surface area contributed by atoms with Crippen molar-refractivity contribution in [2.75, 3.05) is 0 Å². The van der Waals surface area contributed by atoms with Crippen LogP contribution in [0.2, 0.25) is 0 Å². The van der Waals surface area contributed by atoms with Gasteiger partial charge in [-0.1, -0.05) is 30.0 Å². The van der Waals surface area contributed by atoms with Crippen LogP contribution in [-0.4, -0.2) is 40.7 Å². The molecule has 1 aromatic carbocycles. The summed E-state index contributed by atoms with van der Waals surface area (Å²) in [7, 11) is 0. The Kier molecular flexibility index (Phi) is 3.81. The number of aliphatic hydroxyl groups excluding tert-OH is 1. The quantitative estimate of drug-likeness (QED) is 0.908. The van der Waals surface area contributed by atoms with Gasteiger partial charge in [-0.3, -0.25) is 0 Å². The highest BCUT2D eigenvalue weighted by Gasteiger charge is 2.54. The molecule has 1 aromatic rings. The zero-order valence-electron chi connectivity index (χ0n) is 11.9. The highest BCUT2D eigenvalue weighted by atomic mass is 32.2. The molecule has 2 fully saturated rings. The van der Waals surface area contributed by atoms with Gasteiger partial charge in [0.05, 0.1) is 6.10 Å². The summed E-state index contributed by atoms with van der Waals surface area (Å²) >= 11 is 1.61. The number of rotatable bonds is 2. The molecule has 20 heavy (non-hydrogen) atoms. The average molecular weight is 296 g/mol. The van der Waals surface area contributed by atoms with Crippen LogP contribution in [0.5, 0.6) is 0 Å². The molecule has 5 heteroatoms. The topological polar surface area (TPSA) is 47.9 Å². The van der Waals surface area contributed by atoms with Crippen molar-refractivity contribution < 1.29 is 19.3 Å². The van der Waals surface area contributed by atoms with Gasteiger partial charge in [-0.05, 0) is 32.9 Å². The van der Waals surface area contributed by atoms with Crippen molar-refractivity contribution in [2.45, 2.75) is 61.3 Å². The molecule has 0 amide bonds. The fraction of sp³-hybridized carbons (Fsp3) is 0.600. The third kappa shape index (κ3) is 2.73. The van der Waals surface area contributed by atoms with Gasteiger partial charge in [0.25, 0.3) is 0 Å². The maximum absolute atomic E-state index is 10.2. The second-order valence-corrected chi connectivity index (χ2v) is 6.87. The number of ether oxygens (including phenoxy) is 3. The zero-order valence-corrected chi connectivity index (χ0v) is 12.7. The van der Waals surface area contributed by atoms with Gasteiger partial charge in [-0.15, -0.1) is 0 Å². The van der Waals surface area contributed by atoms with E-state index in [4.69, 9.17) is 14.2 Å². The van der Waals surface area contributed by atoms with E-state index < -0.39 is 11.9 Å². The second-order valence-electron chi connectivity index (χ2n) is 5.70. The van der Waals surface area contributed by atoms with Gasteiger partial charge >= 0.3 is 0 Å². The summed E-state index contributed by atoms with van der Waals surface area (Å²) < 4.78 is 17.7. The molecule has 5 atom stereocenters. The molecular weight excluding hydrogens is 276 g/mol. The summed E-state index contributed by atoms with van der Waals surface area (Å²) in [5, 5.41) is 10.2. The molecule has 2 aliphatic heterocycles. The van der Waals surface area contributed by atoms with Gasteiger partial charge in [0.15, 0.2) is 5.79 Å². The highest BCUT2D eigenvalue weighted by molar-refractivity contribution is 7.99. The molecule has 0 aromatic heterocycles. The molecule has 0 radical (unpaired) electrons. The minimum atomic E-state index is -0.681. The number of fused-ring (bicyclic) bond motifs is 1. The minimum absolute atomic E-state index is 0.178. The third-order valence-electron chi connectivity index (χ3n) is 3.59. The fourth-order valence-electron chi connectivity index (χ4n) is 2.66. The predicted molar refractivity (Wildman–Crippen MR) is 76.5 cm³/mol. The molecular formula is C15H20O4S. The molecule has 0 spiro atoms. The van der Waals surface area contributed by atoms with Gasteiger partial charge in [0.2, 0.25) is 0 Å². The van der Waals surface area contributed by atoms with E-state index in [-0.39, 0.29) is 23.7 Å². The first-order chi connectivity index (χ1) is 9.46. The van der Waals surface area contributed by atoms with Gasteiger partial charge in [-0.25, -0.2) is 0 Å². The van der Waals surface area contributed by atoms with Crippen LogP contribution in [0, 0.1) is 0 Å². The van der Waals surface area contributed by atoms with Crippen molar-refractivity contribution in [3.63, 3.8) is 0 Å². The number of hydrogen-bond acceptors (Lipinski definition) is 5. The smallest absolute Gasteiger partial charge is 0.164 e. The number of benzene rings is 1. The van der Waals surface area contributed by atoms with Crippen LogP contribution in [-0.2, 0) is 14.2 Å². The first-order valence-corrected chi connectivity index (χ1v) is 7.75. The molecule has 1 N–H and O–H groups in total. The Balaban J connectivity index is 1.80. The molecule has 3 rings (SSSR count). The predicted octanol–water partition coefficient (Wildman–Crippen LogP) is 2.40. The van der Waals surface area contributed by atoms with Crippen LogP contribution in [0.15, 0.2) is 35.2 Å². The van der Waals surface area contributed by atoms with Crippen LogP contribution < -0.4 is 0 Å². The van der Waals surface area contributed by atoms with Gasteiger partial charge in [0, 0.05) is 4.90 Å². The molecule has 110 valence electrons. The number of thioether (sulfide) groups is 1. The van der Waals surface area contributed by atoms with E-state index in [1.807, 2.05) is 51.1 Å². The average Bonchev–Trinajstić information content (AvgIpc) is 2.73. The lowest BCUT2D eigenvalue weighted by atomic mass is 10.0. The van der Waals surface area contributed by atoms with Crippen molar-refractivity contribution >= 4 is 11.8 Å². The zero-order chi connectivity index (χ0) is 14.3. The van der Waals surface area contributed by atoms with E-state index in [0.717, 1.165) is 4.90 Å². The van der Waals surface area contributed by atoms with Gasteiger partial charge < -0.3 is 19.3 Å². The molecule has 0 bridgehead atoms. The van der Waals surface area contributed by atoms with Crippen molar-refractivity contribution in [2.24, 2.45) is 0 Å². The van der Waals surface area contributed by atoms with E-state index >= 15 is 0 Å². The Labute approximate surface area is 123 Å². The molecule has 2 saturated heterocycles. The van der Waals surface area contributed by atoms with Crippen molar-refractivity contribution in [1.29, 1.82) is 0 Å². The first kappa shape index (κ1) is 14.4. The summed E-state index contributed by atoms with van der Waals surface area (Å²) in [5.74, 6) is -0.681. The molecule has 2 heterocycles. The number of aliphatic hydroxyl groups is 1. The summed E-state index contributed by atoms with van der Waals surface area (Å²) in [4.78, 5) is 1.12. The van der Waals surface area contributed by atoms with E-state index in [2.05, 4.69) is 0 Å². The Morgan fingerprint density at radius 3 is 2.45 bits per heavy atom. The third-order valence-corrected chi connectivity index (χ3v) is 4.75.